The van der Waals surface area contributed by atoms with Gasteiger partial charge in [0.25, 0.3) is 0 Å². The maximum absolute atomic E-state index is 12.4. The van der Waals surface area contributed by atoms with Crippen molar-refractivity contribution < 1.29 is 17.9 Å². The number of aromatic nitrogens is 4. The molecule has 3 aromatic heterocycles. The van der Waals surface area contributed by atoms with E-state index in [4.69, 9.17) is 5.73 Å². The van der Waals surface area contributed by atoms with Gasteiger partial charge in [0.15, 0.2) is 5.82 Å². The number of alkyl halides is 3. The molecule has 3 heterocycles. The van der Waals surface area contributed by atoms with Gasteiger partial charge in [-0.25, -0.2) is 25.4 Å². The highest BCUT2D eigenvalue weighted by Gasteiger charge is 2.31. The van der Waals surface area contributed by atoms with Crippen molar-refractivity contribution in [3.8, 4) is 17.1 Å². The number of pyridine rings is 2. The van der Waals surface area contributed by atoms with E-state index < -0.39 is 12.1 Å². The van der Waals surface area contributed by atoms with E-state index >= 15 is 0 Å². The minimum Gasteiger partial charge on any atom is -0.406 e. The first-order chi connectivity index (χ1) is 13.3. The molecule has 0 bridgehead atoms. The molecule has 0 unspecified atom stereocenters. The van der Waals surface area contributed by atoms with Crippen LogP contribution in [-0.4, -0.2) is 33.3 Å². The minimum absolute atomic E-state index is 0.109. The van der Waals surface area contributed by atoms with E-state index in [2.05, 4.69) is 40.8 Å². The van der Waals surface area contributed by atoms with Crippen molar-refractivity contribution in [2.45, 2.75) is 6.36 Å². The van der Waals surface area contributed by atoms with Crippen LogP contribution in [0.4, 0.5) is 36.4 Å². The smallest absolute Gasteiger partial charge is 0.406 e. The van der Waals surface area contributed by atoms with Gasteiger partial charge in [-0.15, -0.1) is 13.2 Å². The molecule has 0 amide bonds. The largest absolute Gasteiger partial charge is 0.573 e. The third kappa shape index (κ3) is 5.17. The summed E-state index contributed by atoms with van der Waals surface area (Å²) < 4.78 is 41.1. The number of hydrazine groups is 1. The molecule has 0 saturated heterocycles. The van der Waals surface area contributed by atoms with Crippen molar-refractivity contribution >= 4 is 23.3 Å². The lowest BCUT2D eigenvalue weighted by atomic mass is 10.2. The number of rotatable bonds is 6. The number of nitrogen functional groups attached to an aromatic ring is 1. The summed E-state index contributed by atoms with van der Waals surface area (Å²) in [6.07, 6.45) is -2.11. The first kappa shape index (κ1) is 19.1. The molecule has 28 heavy (non-hydrogen) atoms. The number of ether oxygens (including phenoxy) is 1. The van der Waals surface area contributed by atoms with Gasteiger partial charge in [0, 0.05) is 37.1 Å². The van der Waals surface area contributed by atoms with Crippen LogP contribution in [0.2, 0.25) is 0 Å². The van der Waals surface area contributed by atoms with Gasteiger partial charge in [0.2, 0.25) is 0 Å². The number of halogens is 3. The Labute approximate surface area is 157 Å². The Morgan fingerprint density at radius 2 is 1.79 bits per heavy atom. The predicted molar refractivity (Wildman–Crippen MR) is 96.6 cm³/mol. The molecule has 0 radical (unpaired) electrons. The van der Waals surface area contributed by atoms with Crippen LogP contribution in [-0.2, 0) is 0 Å². The molecule has 0 aromatic carbocycles. The number of anilines is 4. The van der Waals surface area contributed by atoms with Crippen molar-refractivity contribution in [1.29, 1.82) is 0 Å². The second-order valence-electron chi connectivity index (χ2n) is 5.36. The van der Waals surface area contributed by atoms with Gasteiger partial charge in [-0.2, -0.15) is 0 Å². The number of hydrogen-bond donors (Lipinski definition) is 4. The molecule has 0 saturated carbocycles. The molecule has 3 aromatic rings. The molecule has 12 heteroatoms. The fraction of sp³-hybridized carbons (Fsp3) is 0.125. The van der Waals surface area contributed by atoms with Crippen molar-refractivity contribution in [2.75, 3.05) is 23.5 Å². The third-order valence-electron chi connectivity index (χ3n) is 3.24. The summed E-state index contributed by atoms with van der Waals surface area (Å²) in [4.78, 5) is 16.6. The SMILES string of the molecule is CNNc1cc(Nc2cc(OC(F)(F)F)ccn2)nc(-c2ccc(N)nc2)n1. The fourth-order valence-corrected chi connectivity index (χ4v) is 2.18. The zero-order valence-electron chi connectivity index (χ0n) is 14.4. The third-order valence-corrected chi connectivity index (χ3v) is 3.24. The van der Waals surface area contributed by atoms with Crippen LogP contribution in [0.3, 0.4) is 0 Å². The van der Waals surface area contributed by atoms with Gasteiger partial charge in [0.1, 0.15) is 29.0 Å². The standard InChI is InChI=1S/C16H15F3N8O/c1-21-27-14-7-13(25-15(26-14)9-2-3-11(20)23-8-9)24-12-6-10(4-5-22-12)28-16(17,18)19/h2-8,21H,1H3,(H2,20,23)(H2,22,24,25,26,27). The van der Waals surface area contributed by atoms with Gasteiger partial charge in [-0.1, -0.05) is 0 Å². The predicted octanol–water partition coefficient (Wildman–Crippen LogP) is 2.70. The van der Waals surface area contributed by atoms with E-state index in [-0.39, 0.29) is 11.6 Å². The Hall–Kier alpha value is -3.67. The highest BCUT2D eigenvalue weighted by molar-refractivity contribution is 5.64. The Bertz CT molecular complexity index is 949. The van der Waals surface area contributed by atoms with E-state index in [1.165, 1.54) is 12.4 Å². The lowest BCUT2D eigenvalue weighted by Crippen LogP contribution is -2.17. The summed E-state index contributed by atoms with van der Waals surface area (Å²) in [6.45, 7) is 0. The van der Waals surface area contributed by atoms with Crippen LogP contribution < -0.4 is 26.6 Å². The number of nitrogens with zero attached hydrogens (tertiary/aromatic N) is 4. The van der Waals surface area contributed by atoms with Crippen LogP contribution in [0.5, 0.6) is 5.75 Å². The van der Waals surface area contributed by atoms with E-state index in [0.717, 1.165) is 12.1 Å². The maximum atomic E-state index is 12.4. The number of hydrogen-bond acceptors (Lipinski definition) is 9. The Balaban J connectivity index is 1.91. The monoisotopic (exact) mass is 392 g/mol. The van der Waals surface area contributed by atoms with Gasteiger partial charge in [-0.05, 0) is 18.2 Å². The number of nitrogens with one attached hydrogen (secondary N) is 3. The van der Waals surface area contributed by atoms with Crippen LogP contribution in [0, 0.1) is 0 Å². The van der Waals surface area contributed by atoms with E-state index in [9.17, 15) is 13.2 Å². The maximum Gasteiger partial charge on any atom is 0.573 e. The highest BCUT2D eigenvalue weighted by atomic mass is 19.4. The van der Waals surface area contributed by atoms with Crippen molar-refractivity contribution in [2.24, 2.45) is 0 Å². The second-order valence-corrected chi connectivity index (χ2v) is 5.36. The fourth-order valence-electron chi connectivity index (χ4n) is 2.18. The second kappa shape index (κ2) is 7.92. The van der Waals surface area contributed by atoms with Gasteiger partial charge in [-0.3, -0.25) is 0 Å². The summed E-state index contributed by atoms with van der Waals surface area (Å²) in [7, 11) is 1.65. The molecule has 3 rings (SSSR count). The lowest BCUT2D eigenvalue weighted by Gasteiger charge is -2.12. The van der Waals surface area contributed by atoms with Crippen molar-refractivity contribution in [3.05, 3.63) is 42.7 Å². The van der Waals surface area contributed by atoms with Crippen LogP contribution >= 0.6 is 0 Å². The minimum atomic E-state index is -4.80. The Morgan fingerprint density at radius 3 is 2.46 bits per heavy atom. The van der Waals surface area contributed by atoms with Gasteiger partial charge < -0.3 is 21.2 Å². The molecule has 0 spiro atoms. The van der Waals surface area contributed by atoms with Crippen molar-refractivity contribution in [1.82, 2.24) is 25.4 Å². The van der Waals surface area contributed by atoms with Crippen LogP contribution in [0.25, 0.3) is 11.4 Å². The average Bonchev–Trinajstić information content (AvgIpc) is 2.61. The molecular weight excluding hydrogens is 377 g/mol. The van der Waals surface area contributed by atoms with E-state index in [0.29, 0.717) is 23.0 Å². The molecule has 0 fully saturated rings. The first-order valence-electron chi connectivity index (χ1n) is 7.85. The van der Waals surface area contributed by atoms with Crippen LogP contribution in [0.1, 0.15) is 0 Å². The van der Waals surface area contributed by atoms with E-state index in [1.54, 1.807) is 25.2 Å². The lowest BCUT2D eigenvalue weighted by molar-refractivity contribution is -0.274. The van der Waals surface area contributed by atoms with Gasteiger partial charge in [0.05, 0.1) is 0 Å². The normalized spacial score (nSPS) is 11.1. The van der Waals surface area contributed by atoms with Crippen LogP contribution in [0.15, 0.2) is 42.7 Å². The zero-order valence-corrected chi connectivity index (χ0v) is 14.4. The first-order valence-corrected chi connectivity index (χ1v) is 7.85. The summed E-state index contributed by atoms with van der Waals surface area (Å²) >= 11 is 0. The molecule has 146 valence electrons. The Kier molecular flexibility index (Phi) is 5.40. The Morgan fingerprint density at radius 1 is 1.00 bits per heavy atom. The average molecular weight is 392 g/mol. The molecule has 0 aliphatic rings. The summed E-state index contributed by atoms with van der Waals surface area (Å²) in [6, 6.07) is 7.04. The highest BCUT2D eigenvalue weighted by Crippen LogP contribution is 2.26. The zero-order chi connectivity index (χ0) is 20.1. The molecule has 5 N–H and O–H groups in total. The molecule has 0 aliphatic carbocycles. The quantitative estimate of drug-likeness (QED) is 0.469. The summed E-state index contributed by atoms with van der Waals surface area (Å²) in [5.74, 6) is 1.06. The summed E-state index contributed by atoms with van der Waals surface area (Å²) in [5.41, 5.74) is 11.7. The number of nitrogens with two attached hydrogens (primary N) is 1. The van der Waals surface area contributed by atoms with E-state index in [1.807, 2.05) is 0 Å². The van der Waals surface area contributed by atoms with Crippen molar-refractivity contribution in [3.63, 3.8) is 0 Å². The molecule has 0 atom stereocenters. The molecular formula is C16H15F3N8O. The van der Waals surface area contributed by atoms with Gasteiger partial charge >= 0.3 is 6.36 Å². The molecule has 0 aliphatic heterocycles. The topological polar surface area (TPSA) is 123 Å². The molecule has 9 nitrogen and oxygen atoms in total. The summed E-state index contributed by atoms with van der Waals surface area (Å²) in [5, 5.41) is 2.83.